The molecule has 4 rings (SSSR count). The van der Waals surface area contributed by atoms with Gasteiger partial charge in [-0.2, -0.15) is 18.3 Å². The van der Waals surface area contributed by atoms with Crippen LogP contribution in [0.1, 0.15) is 34.5 Å². The van der Waals surface area contributed by atoms with Crippen molar-refractivity contribution in [2.75, 3.05) is 18.4 Å². The molecule has 1 aromatic heterocycles. The van der Waals surface area contributed by atoms with Crippen LogP contribution in [0.4, 0.5) is 23.4 Å². The molecule has 10 heteroatoms. The second-order valence-electron chi connectivity index (χ2n) is 8.22. The second kappa shape index (κ2) is 9.28. The van der Waals surface area contributed by atoms with E-state index in [2.05, 4.69) is 10.4 Å². The number of benzene rings is 2. The molecule has 0 bridgehead atoms. The van der Waals surface area contributed by atoms with Crippen LogP contribution in [-0.2, 0) is 11.0 Å². The summed E-state index contributed by atoms with van der Waals surface area (Å²) in [7, 11) is 0. The maximum atomic E-state index is 13.2. The summed E-state index contributed by atoms with van der Waals surface area (Å²) in [4.78, 5) is 27.3. The van der Waals surface area contributed by atoms with E-state index in [1.807, 2.05) is 0 Å². The van der Waals surface area contributed by atoms with Gasteiger partial charge in [0, 0.05) is 24.7 Å². The Morgan fingerprint density at radius 3 is 2.53 bits per heavy atom. The van der Waals surface area contributed by atoms with Crippen LogP contribution in [-0.4, -0.2) is 39.6 Å². The number of halogens is 4. The average molecular weight is 474 g/mol. The molecule has 2 amide bonds. The Labute approximate surface area is 193 Å². The summed E-state index contributed by atoms with van der Waals surface area (Å²) in [6.07, 6.45) is -3.35. The molecule has 1 saturated heterocycles. The van der Waals surface area contributed by atoms with E-state index in [9.17, 15) is 27.2 Å². The summed E-state index contributed by atoms with van der Waals surface area (Å²) >= 11 is 0. The molecular formula is C24H22F4N4O2. The highest BCUT2D eigenvalue weighted by atomic mass is 19.4. The fraction of sp³-hybridized carbons (Fsp3) is 0.292. The van der Waals surface area contributed by atoms with Gasteiger partial charge in [-0.05, 0) is 62.2 Å². The molecule has 34 heavy (non-hydrogen) atoms. The maximum Gasteiger partial charge on any atom is 0.416 e. The van der Waals surface area contributed by atoms with E-state index >= 15 is 0 Å². The number of nitrogens with one attached hydrogen (secondary N) is 1. The van der Waals surface area contributed by atoms with Crippen LogP contribution >= 0.6 is 0 Å². The van der Waals surface area contributed by atoms with E-state index in [4.69, 9.17) is 0 Å². The van der Waals surface area contributed by atoms with Crippen molar-refractivity contribution in [2.24, 2.45) is 5.92 Å². The third-order valence-electron chi connectivity index (χ3n) is 5.67. The molecule has 2 heterocycles. The molecule has 0 saturated carbocycles. The quantitative estimate of drug-likeness (QED) is 0.551. The number of carbonyl (C=O) groups is 2. The number of carbonyl (C=O) groups excluding carboxylic acids is 2. The minimum Gasteiger partial charge on any atom is -0.338 e. The SMILES string of the molecule is Cc1cc(NC(=O)C2CCCN(C(=O)c3ccc(F)cc3)C2)n(-c2cccc(C(F)(F)F)c2)n1. The third-order valence-corrected chi connectivity index (χ3v) is 5.67. The van der Waals surface area contributed by atoms with Crippen molar-refractivity contribution in [3.63, 3.8) is 0 Å². The number of aromatic nitrogens is 2. The molecule has 1 aliphatic heterocycles. The van der Waals surface area contributed by atoms with Gasteiger partial charge in [-0.3, -0.25) is 9.59 Å². The number of likely N-dealkylation sites (tertiary alicyclic amines) is 1. The lowest BCUT2D eigenvalue weighted by Crippen LogP contribution is -2.43. The van der Waals surface area contributed by atoms with E-state index in [-0.39, 0.29) is 29.9 Å². The summed E-state index contributed by atoms with van der Waals surface area (Å²) in [6, 6.07) is 11.5. The van der Waals surface area contributed by atoms with Crippen molar-refractivity contribution in [3.8, 4) is 5.69 Å². The van der Waals surface area contributed by atoms with Gasteiger partial charge < -0.3 is 10.2 Å². The lowest BCUT2D eigenvalue weighted by atomic mass is 9.96. The summed E-state index contributed by atoms with van der Waals surface area (Å²) in [6.45, 7) is 2.32. The van der Waals surface area contributed by atoms with E-state index in [0.29, 0.717) is 30.6 Å². The van der Waals surface area contributed by atoms with Gasteiger partial charge >= 0.3 is 6.18 Å². The number of amides is 2. The van der Waals surface area contributed by atoms with Gasteiger partial charge in [-0.25, -0.2) is 9.07 Å². The Morgan fingerprint density at radius 1 is 1.09 bits per heavy atom. The monoisotopic (exact) mass is 474 g/mol. The van der Waals surface area contributed by atoms with Crippen LogP contribution in [0.5, 0.6) is 0 Å². The van der Waals surface area contributed by atoms with Gasteiger partial charge in [-0.1, -0.05) is 6.07 Å². The average Bonchev–Trinajstić information content (AvgIpc) is 3.18. The van der Waals surface area contributed by atoms with Crippen LogP contribution in [0.2, 0.25) is 0 Å². The number of piperidine rings is 1. The van der Waals surface area contributed by atoms with Gasteiger partial charge in [0.05, 0.1) is 22.9 Å². The number of hydrogen-bond donors (Lipinski definition) is 1. The van der Waals surface area contributed by atoms with Crippen LogP contribution < -0.4 is 5.32 Å². The molecule has 0 aliphatic carbocycles. The van der Waals surface area contributed by atoms with Gasteiger partial charge in [0.1, 0.15) is 11.6 Å². The molecule has 3 aromatic rings. The van der Waals surface area contributed by atoms with Gasteiger partial charge in [-0.15, -0.1) is 0 Å². The van der Waals surface area contributed by atoms with Gasteiger partial charge in [0.15, 0.2) is 0 Å². The largest absolute Gasteiger partial charge is 0.416 e. The second-order valence-corrected chi connectivity index (χ2v) is 8.22. The number of nitrogens with zero attached hydrogens (tertiary/aromatic N) is 3. The first-order chi connectivity index (χ1) is 16.1. The number of alkyl halides is 3. The zero-order chi connectivity index (χ0) is 24.5. The molecule has 1 N–H and O–H groups in total. The Morgan fingerprint density at radius 2 is 1.82 bits per heavy atom. The lowest BCUT2D eigenvalue weighted by molar-refractivity contribution is -0.137. The fourth-order valence-corrected chi connectivity index (χ4v) is 3.98. The highest BCUT2D eigenvalue weighted by molar-refractivity contribution is 5.96. The predicted molar refractivity (Wildman–Crippen MR) is 117 cm³/mol. The Hall–Kier alpha value is -3.69. The molecule has 1 atom stereocenters. The Kier molecular flexibility index (Phi) is 6.41. The summed E-state index contributed by atoms with van der Waals surface area (Å²) in [5.41, 5.74) is 0.192. The lowest BCUT2D eigenvalue weighted by Gasteiger charge is -2.32. The van der Waals surface area contributed by atoms with Crippen molar-refractivity contribution in [1.82, 2.24) is 14.7 Å². The van der Waals surface area contributed by atoms with Crippen LogP contribution in [0, 0.1) is 18.7 Å². The first kappa shape index (κ1) is 23.5. The minimum absolute atomic E-state index is 0.162. The highest BCUT2D eigenvalue weighted by Gasteiger charge is 2.32. The molecule has 0 spiro atoms. The van der Waals surface area contributed by atoms with E-state index in [0.717, 1.165) is 12.1 Å². The van der Waals surface area contributed by atoms with E-state index in [1.54, 1.807) is 17.9 Å². The topological polar surface area (TPSA) is 67.2 Å². The highest BCUT2D eigenvalue weighted by Crippen LogP contribution is 2.31. The van der Waals surface area contributed by atoms with E-state index in [1.165, 1.54) is 41.1 Å². The molecule has 2 aromatic carbocycles. The van der Waals surface area contributed by atoms with Crippen molar-refractivity contribution >= 4 is 17.6 Å². The molecule has 178 valence electrons. The smallest absolute Gasteiger partial charge is 0.338 e. The van der Waals surface area contributed by atoms with Crippen molar-refractivity contribution < 1.29 is 27.2 Å². The number of aryl methyl sites for hydroxylation is 1. The summed E-state index contributed by atoms with van der Waals surface area (Å²) < 4.78 is 53.8. The third kappa shape index (κ3) is 5.11. The van der Waals surface area contributed by atoms with Crippen LogP contribution in [0.15, 0.2) is 54.6 Å². The fourth-order valence-electron chi connectivity index (χ4n) is 3.98. The Balaban J connectivity index is 1.50. The van der Waals surface area contributed by atoms with Crippen molar-refractivity contribution in [1.29, 1.82) is 0 Å². The first-order valence-electron chi connectivity index (χ1n) is 10.7. The normalized spacial score (nSPS) is 16.4. The van der Waals surface area contributed by atoms with Crippen LogP contribution in [0.25, 0.3) is 5.69 Å². The number of hydrogen-bond acceptors (Lipinski definition) is 3. The van der Waals surface area contributed by atoms with Crippen molar-refractivity contribution in [3.05, 3.63) is 77.2 Å². The number of anilines is 1. The van der Waals surface area contributed by atoms with Gasteiger partial charge in [0.25, 0.3) is 5.91 Å². The molecule has 6 nitrogen and oxygen atoms in total. The molecular weight excluding hydrogens is 452 g/mol. The minimum atomic E-state index is -4.51. The summed E-state index contributed by atoms with van der Waals surface area (Å²) in [5.74, 6) is -1.36. The maximum absolute atomic E-state index is 13.2. The first-order valence-corrected chi connectivity index (χ1v) is 10.7. The summed E-state index contributed by atoms with van der Waals surface area (Å²) in [5, 5.41) is 6.99. The zero-order valence-corrected chi connectivity index (χ0v) is 18.3. The standard InChI is InChI=1S/C24H22F4N4O2/c1-15-12-21(32(30-15)20-6-2-5-18(13-20)24(26,27)28)29-22(33)17-4-3-11-31(14-17)23(34)16-7-9-19(25)10-8-16/h2,5-10,12-13,17H,3-4,11,14H2,1H3,(H,29,33). The number of rotatable bonds is 4. The zero-order valence-electron chi connectivity index (χ0n) is 18.3. The Bertz CT molecular complexity index is 1200. The van der Waals surface area contributed by atoms with Crippen LogP contribution in [0.3, 0.4) is 0 Å². The predicted octanol–water partition coefficient (Wildman–Crippen LogP) is 4.83. The molecule has 1 aliphatic rings. The molecule has 1 fully saturated rings. The molecule has 0 radical (unpaired) electrons. The van der Waals surface area contributed by atoms with Gasteiger partial charge in [0.2, 0.25) is 5.91 Å². The van der Waals surface area contributed by atoms with Crippen molar-refractivity contribution in [2.45, 2.75) is 25.9 Å². The molecule has 1 unspecified atom stereocenters. The van der Waals surface area contributed by atoms with E-state index < -0.39 is 23.5 Å².